The fourth-order valence-corrected chi connectivity index (χ4v) is 3.12. The lowest BCUT2D eigenvalue weighted by Crippen LogP contribution is -2.40. The Morgan fingerprint density at radius 1 is 0.880 bits per heavy atom. The maximum absolute atomic E-state index is 11.5. The second-order valence-corrected chi connectivity index (χ2v) is 6.91. The predicted octanol–water partition coefficient (Wildman–Crippen LogP) is 1.09. The quantitative estimate of drug-likeness (QED) is 0.831. The minimum Gasteiger partial charge on any atom is -0.480 e. The molecular formula is C19H29N3O3. The van der Waals surface area contributed by atoms with E-state index in [9.17, 15) is 9.59 Å². The summed E-state index contributed by atoms with van der Waals surface area (Å²) in [5.74, 6) is -0.656. The molecule has 0 bridgehead atoms. The lowest BCUT2D eigenvalue weighted by Gasteiger charge is -2.25. The van der Waals surface area contributed by atoms with E-state index < -0.39 is 5.97 Å². The lowest BCUT2D eigenvalue weighted by molar-refractivity contribution is -0.138. The number of aliphatic carboxylic acids is 1. The van der Waals surface area contributed by atoms with Crippen LogP contribution in [0.1, 0.15) is 18.1 Å². The molecule has 25 heavy (non-hydrogen) atoms. The molecule has 1 aliphatic heterocycles. The van der Waals surface area contributed by atoms with Gasteiger partial charge >= 0.3 is 5.97 Å². The molecule has 1 aromatic rings. The fraction of sp³-hybridized carbons (Fsp3) is 0.579. The van der Waals surface area contributed by atoms with E-state index in [4.69, 9.17) is 5.11 Å². The summed E-state index contributed by atoms with van der Waals surface area (Å²) in [5.41, 5.74) is 2.50. The highest BCUT2D eigenvalue weighted by atomic mass is 16.4. The van der Waals surface area contributed by atoms with Crippen LogP contribution in [0.25, 0.3) is 0 Å². The van der Waals surface area contributed by atoms with Gasteiger partial charge in [0.25, 0.3) is 0 Å². The van der Waals surface area contributed by atoms with Gasteiger partial charge in [-0.3, -0.25) is 24.3 Å². The Kier molecular flexibility index (Phi) is 7.55. The van der Waals surface area contributed by atoms with Crippen LogP contribution >= 0.6 is 0 Å². The summed E-state index contributed by atoms with van der Waals surface area (Å²) in [6.07, 6.45) is 0. The van der Waals surface area contributed by atoms with E-state index in [0.29, 0.717) is 13.1 Å². The summed E-state index contributed by atoms with van der Waals surface area (Å²) in [7, 11) is 0. The zero-order valence-electron chi connectivity index (χ0n) is 15.3. The summed E-state index contributed by atoms with van der Waals surface area (Å²) < 4.78 is 0. The molecule has 6 heteroatoms. The van der Waals surface area contributed by atoms with Gasteiger partial charge in [0.05, 0.1) is 13.1 Å². The molecule has 1 heterocycles. The molecule has 138 valence electrons. The van der Waals surface area contributed by atoms with Gasteiger partial charge in [-0.15, -0.1) is 0 Å². The first-order chi connectivity index (χ1) is 11.9. The molecule has 0 amide bonds. The van der Waals surface area contributed by atoms with Gasteiger partial charge in [-0.1, -0.05) is 29.8 Å². The van der Waals surface area contributed by atoms with E-state index in [2.05, 4.69) is 41.0 Å². The van der Waals surface area contributed by atoms with E-state index in [0.717, 1.165) is 39.3 Å². The monoisotopic (exact) mass is 347 g/mol. The number of rotatable bonds is 6. The van der Waals surface area contributed by atoms with E-state index in [1.54, 1.807) is 6.92 Å². The molecule has 0 unspecified atom stereocenters. The number of aryl methyl sites for hydroxylation is 1. The molecule has 6 nitrogen and oxygen atoms in total. The van der Waals surface area contributed by atoms with Crippen molar-refractivity contribution in [3.63, 3.8) is 0 Å². The lowest BCUT2D eigenvalue weighted by atomic mass is 10.1. The van der Waals surface area contributed by atoms with Gasteiger partial charge < -0.3 is 5.11 Å². The smallest absolute Gasteiger partial charge is 0.317 e. The maximum Gasteiger partial charge on any atom is 0.317 e. The number of carboxylic acids is 1. The SMILES string of the molecule is CC(=O)CN1CCN(CC(=O)O)CCN(Cc2ccc(C)cc2)CC1. The van der Waals surface area contributed by atoms with Crippen LogP contribution in [0.2, 0.25) is 0 Å². The van der Waals surface area contributed by atoms with Crippen LogP contribution in [-0.2, 0) is 16.1 Å². The van der Waals surface area contributed by atoms with E-state index in [1.807, 2.05) is 4.90 Å². The van der Waals surface area contributed by atoms with Gasteiger partial charge in [0.2, 0.25) is 0 Å². The number of benzene rings is 1. The van der Waals surface area contributed by atoms with Crippen LogP contribution in [0.3, 0.4) is 0 Å². The first-order valence-electron chi connectivity index (χ1n) is 8.86. The summed E-state index contributed by atoms with van der Waals surface area (Å²) >= 11 is 0. The van der Waals surface area contributed by atoms with E-state index in [1.165, 1.54) is 11.1 Å². The van der Waals surface area contributed by atoms with Gasteiger partial charge in [0, 0.05) is 45.8 Å². The van der Waals surface area contributed by atoms with Crippen molar-refractivity contribution < 1.29 is 14.7 Å². The molecule has 0 radical (unpaired) electrons. The third-order valence-electron chi connectivity index (χ3n) is 4.53. The number of ketones is 1. The number of hydrogen-bond acceptors (Lipinski definition) is 5. The average Bonchev–Trinajstić information content (AvgIpc) is 2.62. The molecule has 0 aromatic heterocycles. The first-order valence-corrected chi connectivity index (χ1v) is 8.86. The largest absolute Gasteiger partial charge is 0.480 e. The number of hydrogen-bond donors (Lipinski definition) is 1. The van der Waals surface area contributed by atoms with Crippen molar-refractivity contribution >= 4 is 11.8 Å². The van der Waals surface area contributed by atoms with Crippen molar-refractivity contribution in [1.29, 1.82) is 0 Å². The van der Waals surface area contributed by atoms with Crippen LogP contribution in [-0.4, -0.2) is 83.9 Å². The topological polar surface area (TPSA) is 64.1 Å². The maximum atomic E-state index is 11.5. The van der Waals surface area contributed by atoms with Gasteiger partial charge in [0.15, 0.2) is 0 Å². The molecule has 1 saturated heterocycles. The third kappa shape index (κ3) is 7.34. The molecule has 0 spiro atoms. The Morgan fingerprint density at radius 3 is 1.84 bits per heavy atom. The van der Waals surface area contributed by atoms with Gasteiger partial charge in [-0.2, -0.15) is 0 Å². The highest BCUT2D eigenvalue weighted by Gasteiger charge is 2.18. The molecule has 1 N–H and O–H groups in total. The van der Waals surface area contributed by atoms with Crippen molar-refractivity contribution in [3.05, 3.63) is 35.4 Å². The van der Waals surface area contributed by atoms with E-state index >= 15 is 0 Å². The van der Waals surface area contributed by atoms with Crippen molar-refractivity contribution in [2.45, 2.75) is 20.4 Å². The first kappa shape index (κ1) is 19.6. The Bertz CT molecular complexity index is 546. The van der Waals surface area contributed by atoms with Crippen LogP contribution in [0, 0.1) is 6.92 Å². The van der Waals surface area contributed by atoms with Crippen molar-refractivity contribution in [2.75, 3.05) is 52.4 Å². The minimum absolute atomic E-state index is 0.0479. The number of carbonyl (C=O) groups is 2. The summed E-state index contributed by atoms with van der Waals surface area (Å²) in [4.78, 5) is 29.0. The van der Waals surface area contributed by atoms with Crippen LogP contribution < -0.4 is 0 Å². The second-order valence-electron chi connectivity index (χ2n) is 6.91. The van der Waals surface area contributed by atoms with Crippen LogP contribution in [0.5, 0.6) is 0 Å². The molecule has 2 rings (SSSR count). The fourth-order valence-electron chi connectivity index (χ4n) is 3.12. The molecule has 1 aliphatic rings. The summed E-state index contributed by atoms with van der Waals surface area (Å²) in [5, 5.41) is 9.11. The Morgan fingerprint density at radius 2 is 1.36 bits per heavy atom. The Balaban J connectivity index is 2.03. The molecule has 0 saturated carbocycles. The summed E-state index contributed by atoms with van der Waals surface area (Å²) in [6, 6.07) is 8.52. The van der Waals surface area contributed by atoms with Crippen molar-refractivity contribution in [3.8, 4) is 0 Å². The zero-order valence-corrected chi connectivity index (χ0v) is 15.3. The normalized spacial score (nSPS) is 18.3. The molecular weight excluding hydrogens is 318 g/mol. The Hall–Kier alpha value is -1.76. The summed E-state index contributed by atoms with van der Waals surface area (Å²) in [6.45, 7) is 9.67. The number of carbonyl (C=O) groups excluding carboxylic acids is 1. The number of carboxylic acid groups (broad SMARTS) is 1. The van der Waals surface area contributed by atoms with Gasteiger partial charge in [-0.05, 0) is 19.4 Å². The van der Waals surface area contributed by atoms with Crippen LogP contribution in [0.15, 0.2) is 24.3 Å². The van der Waals surface area contributed by atoms with Crippen molar-refractivity contribution in [2.24, 2.45) is 0 Å². The second kappa shape index (κ2) is 9.65. The van der Waals surface area contributed by atoms with Gasteiger partial charge in [-0.25, -0.2) is 0 Å². The number of nitrogens with zero attached hydrogens (tertiary/aromatic N) is 3. The highest BCUT2D eigenvalue weighted by Crippen LogP contribution is 2.09. The average molecular weight is 347 g/mol. The highest BCUT2D eigenvalue weighted by molar-refractivity contribution is 5.77. The standard InChI is InChI=1S/C19H29N3O3/c1-16-3-5-18(6-4-16)14-21-9-7-20(13-17(2)23)8-11-22(12-10-21)15-19(24)25/h3-6H,7-15H2,1-2H3,(H,24,25). The molecule has 1 aromatic carbocycles. The van der Waals surface area contributed by atoms with E-state index in [-0.39, 0.29) is 12.3 Å². The minimum atomic E-state index is -0.803. The molecule has 0 aliphatic carbocycles. The number of Topliss-reactive ketones (excluding diaryl/α,β-unsaturated/α-hetero) is 1. The molecule has 1 fully saturated rings. The third-order valence-corrected chi connectivity index (χ3v) is 4.53. The zero-order chi connectivity index (χ0) is 18.2. The van der Waals surface area contributed by atoms with Crippen LogP contribution in [0.4, 0.5) is 0 Å². The van der Waals surface area contributed by atoms with Crippen molar-refractivity contribution in [1.82, 2.24) is 14.7 Å². The predicted molar refractivity (Wildman–Crippen MR) is 97.7 cm³/mol. The molecule has 0 atom stereocenters. The van der Waals surface area contributed by atoms with Gasteiger partial charge in [0.1, 0.15) is 5.78 Å². The Labute approximate surface area is 150 Å².